The molecule has 2 heterocycles. The van der Waals surface area contributed by atoms with Crippen LogP contribution in [0, 0.1) is 5.82 Å². The summed E-state index contributed by atoms with van der Waals surface area (Å²) in [6.07, 6.45) is 3.53. The number of hydrogen-bond acceptors (Lipinski definition) is 7. The molecule has 4 aromatic rings. The number of carbonyl (C=O) groups excluding carboxylic acids is 1. The number of nitrogens with one attached hydrogen (secondary N) is 2. The third-order valence-electron chi connectivity index (χ3n) is 3.68. The quantitative estimate of drug-likeness (QED) is 0.467. The van der Waals surface area contributed by atoms with E-state index in [0.717, 1.165) is 22.8 Å². The molecule has 2 N–H and O–H groups in total. The molecule has 0 fully saturated rings. The van der Waals surface area contributed by atoms with E-state index in [0.29, 0.717) is 22.2 Å². The Kier molecular flexibility index (Phi) is 5.40. The van der Waals surface area contributed by atoms with Crippen molar-refractivity contribution in [2.24, 2.45) is 0 Å². The summed E-state index contributed by atoms with van der Waals surface area (Å²) in [6.45, 7) is 0. The van der Waals surface area contributed by atoms with Crippen LogP contribution in [0.4, 0.5) is 10.1 Å². The number of anilines is 1. The minimum absolute atomic E-state index is 0.160. The number of fused-ring (bicyclic) bond motifs is 1. The highest BCUT2D eigenvalue weighted by molar-refractivity contribution is 7.99. The first kappa shape index (κ1) is 18.3. The molecule has 2 aromatic heterocycles. The van der Waals surface area contributed by atoms with Crippen LogP contribution in [-0.2, 0) is 4.79 Å². The second-order valence-electron chi connectivity index (χ2n) is 5.66. The first-order valence-corrected chi connectivity index (χ1v) is 9.89. The Hall–Kier alpha value is -3.11. The number of rotatable bonds is 6. The van der Waals surface area contributed by atoms with Gasteiger partial charge in [0, 0.05) is 0 Å². The largest absolute Gasteiger partial charge is 0.323 e. The highest BCUT2D eigenvalue weighted by Crippen LogP contribution is 2.22. The molecule has 0 aliphatic rings. The van der Waals surface area contributed by atoms with Gasteiger partial charge in [0.15, 0.2) is 0 Å². The van der Waals surface area contributed by atoms with Crippen molar-refractivity contribution in [2.45, 2.75) is 5.16 Å². The molecule has 28 heavy (non-hydrogen) atoms. The van der Waals surface area contributed by atoms with Crippen molar-refractivity contribution < 1.29 is 9.18 Å². The van der Waals surface area contributed by atoms with Crippen molar-refractivity contribution in [2.75, 3.05) is 11.1 Å². The number of aromatic amines is 1. The predicted molar refractivity (Wildman–Crippen MR) is 108 cm³/mol. The topological polar surface area (TPSA) is 96.5 Å². The van der Waals surface area contributed by atoms with Crippen LogP contribution in [0.15, 0.2) is 47.6 Å². The number of halogens is 1. The fraction of sp³-hybridized carbons (Fsp3) is 0.0556. The van der Waals surface area contributed by atoms with Gasteiger partial charge in [-0.05, 0) is 35.9 Å². The monoisotopic (exact) mass is 412 g/mol. The fourth-order valence-corrected chi connectivity index (χ4v) is 3.52. The molecular formula is C18H13FN6OS2. The van der Waals surface area contributed by atoms with Gasteiger partial charge in [-0.3, -0.25) is 9.89 Å². The molecule has 140 valence electrons. The summed E-state index contributed by atoms with van der Waals surface area (Å²) >= 11 is 2.32. The zero-order valence-corrected chi connectivity index (χ0v) is 15.9. The van der Waals surface area contributed by atoms with Crippen molar-refractivity contribution in [3.63, 3.8) is 0 Å². The summed E-state index contributed by atoms with van der Waals surface area (Å²) in [5.41, 5.74) is 2.91. The number of thioether (sulfide) groups is 1. The van der Waals surface area contributed by atoms with Gasteiger partial charge < -0.3 is 5.32 Å². The Morgan fingerprint density at radius 1 is 1.18 bits per heavy atom. The number of carbonyl (C=O) groups is 1. The lowest BCUT2D eigenvalue weighted by atomic mass is 10.2. The van der Waals surface area contributed by atoms with Crippen molar-refractivity contribution in [3.05, 3.63) is 59.7 Å². The Morgan fingerprint density at radius 2 is 2.04 bits per heavy atom. The standard InChI is InChI=1S/C18H13FN6OS2/c19-12-7-4-11(5-8-12)6-9-15-21-18(23-22-15)27-10-16(26)20-13-2-1-3-14-17(13)25-28-24-14/h1-9H,10H2,(H,20,26)(H,21,22,23)/b9-6+. The molecule has 7 nitrogen and oxygen atoms in total. The molecule has 0 aliphatic heterocycles. The second kappa shape index (κ2) is 8.28. The first-order chi connectivity index (χ1) is 13.7. The van der Waals surface area contributed by atoms with E-state index in [1.54, 1.807) is 30.4 Å². The molecule has 4 rings (SSSR count). The number of aromatic nitrogens is 5. The van der Waals surface area contributed by atoms with Crippen molar-refractivity contribution in [1.29, 1.82) is 0 Å². The summed E-state index contributed by atoms with van der Waals surface area (Å²) in [6, 6.07) is 11.6. The van der Waals surface area contributed by atoms with Crippen molar-refractivity contribution >= 4 is 58.3 Å². The summed E-state index contributed by atoms with van der Waals surface area (Å²) in [5, 5.41) is 10.2. The van der Waals surface area contributed by atoms with E-state index in [4.69, 9.17) is 0 Å². The fourth-order valence-electron chi connectivity index (χ4n) is 2.37. The maximum Gasteiger partial charge on any atom is 0.234 e. The normalized spacial score (nSPS) is 11.3. The first-order valence-electron chi connectivity index (χ1n) is 8.17. The summed E-state index contributed by atoms with van der Waals surface area (Å²) < 4.78 is 21.3. The predicted octanol–water partition coefficient (Wildman–Crippen LogP) is 3.85. The van der Waals surface area contributed by atoms with Gasteiger partial charge in [0.2, 0.25) is 11.1 Å². The maximum absolute atomic E-state index is 12.9. The Balaban J connectivity index is 1.33. The highest BCUT2D eigenvalue weighted by Gasteiger charge is 2.10. The second-order valence-corrected chi connectivity index (χ2v) is 7.13. The third-order valence-corrected chi connectivity index (χ3v) is 5.07. The van der Waals surface area contributed by atoms with Gasteiger partial charge in [0.1, 0.15) is 22.7 Å². The van der Waals surface area contributed by atoms with Crippen LogP contribution in [0.3, 0.4) is 0 Å². The van der Waals surface area contributed by atoms with E-state index in [9.17, 15) is 9.18 Å². The number of benzene rings is 2. The minimum atomic E-state index is -0.281. The van der Waals surface area contributed by atoms with Gasteiger partial charge in [0.25, 0.3) is 0 Å². The van der Waals surface area contributed by atoms with Crippen molar-refractivity contribution in [3.8, 4) is 0 Å². The van der Waals surface area contributed by atoms with E-state index in [1.165, 1.54) is 23.9 Å². The van der Waals surface area contributed by atoms with Crippen molar-refractivity contribution in [1.82, 2.24) is 23.9 Å². The summed E-state index contributed by atoms with van der Waals surface area (Å²) in [7, 11) is 0. The molecule has 0 aliphatic carbocycles. The third kappa shape index (κ3) is 4.41. The summed E-state index contributed by atoms with van der Waals surface area (Å²) in [5.74, 6) is 0.243. The number of amides is 1. The van der Waals surface area contributed by atoms with E-state index in [2.05, 4.69) is 29.2 Å². The number of hydrogen-bond donors (Lipinski definition) is 2. The van der Waals surface area contributed by atoms with Crippen LogP contribution in [0.2, 0.25) is 0 Å². The SMILES string of the molecule is O=C(CSc1n[nH]c(/C=C/c2ccc(F)cc2)n1)Nc1cccc2nsnc12. The Bertz CT molecular complexity index is 1140. The van der Waals surface area contributed by atoms with Crippen LogP contribution in [-0.4, -0.2) is 35.6 Å². The van der Waals surface area contributed by atoms with E-state index in [1.807, 2.05) is 12.1 Å². The smallest absolute Gasteiger partial charge is 0.234 e. The lowest BCUT2D eigenvalue weighted by Gasteiger charge is -2.04. The summed E-state index contributed by atoms with van der Waals surface area (Å²) in [4.78, 5) is 16.5. The Morgan fingerprint density at radius 3 is 2.89 bits per heavy atom. The van der Waals surface area contributed by atoms with E-state index >= 15 is 0 Å². The number of H-pyrrole nitrogens is 1. The highest BCUT2D eigenvalue weighted by atomic mass is 32.2. The molecule has 2 aromatic carbocycles. The molecule has 0 bridgehead atoms. The van der Waals surface area contributed by atoms with Crippen LogP contribution in [0.5, 0.6) is 0 Å². The van der Waals surface area contributed by atoms with Gasteiger partial charge >= 0.3 is 0 Å². The molecule has 1 amide bonds. The molecule has 0 radical (unpaired) electrons. The lowest BCUT2D eigenvalue weighted by Crippen LogP contribution is -2.14. The van der Waals surface area contributed by atoms with Crippen LogP contribution in [0.25, 0.3) is 23.2 Å². The lowest BCUT2D eigenvalue weighted by molar-refractivity contribution is -0.113. The molecule has 0 unspecified atom stereocenters. The maximum atomic E-state index is 12.9. The zero-order chi connectivity index (χ0) is 19.3. The van der Waals surface area contributed by atoms with E-state index in [-0.39, 0.29) is 17.5 Å². The molecular weight excluding hydrogens is 399 g/mol. The number of nitrogens with zero attached hydrogens (tertiary/aromatic N) is 4. The molecule has 10 heteroatoms. The van der Waals surface area contributed by atoms with Crippen LogP contribution < -0.4 is 5.32 Å². The Labute approximate surface area is 167 Å². The van der Waals surface area contributed by atoms with Crippen LogP contribution in [0.1, 0.15) is 11.4 Å². The molecule has 0 spiro atoms. The molecule has 0 saturated heterocycles. The van der Waals surface area contributed by atoms with Crippen LogP contribution >= 0.6 is 23.5 Å². The molecule has 0 atom stereocenters. The van der Waals surface area contributed by atoms with Gasteiger partial charge in [0.05, 0.1) is 23.2 Å². The average molecular weight is 412 g/mol. The van der Waals surface area contributed by atoms with Gasteiger partial charge in [-0.15, -0.1) is 5.10 Å². The zero-order valence-electron chi connectivity index (χ0n) is 14.3. The van der Waals surface area contributed by atoms with Gasteiger partial charge in [-0.1, -0.05) is 36.0 Å². The average Bonchev–Trinajstić information content (AvgIpc) is 3.36. The van der Waals surface area contributed by atoms with Gasteiger partial charge in [-0.25, -0.2) is 9.37 Å². The van der Waals surface area contributed by atoms with Gasteiger partial charge in [-0.2, -0.15) is 8.75 Å². The minimum Gasteiger partial charge on any atom is -0.323 e. The molecule has 0 saturated carbocycles. The van der Waals surface area contributed by atoms with E-state index < -0.39 is 0 Å².